The number of aromatic carboxylic acids is 1. The molecule has 0 aliphatic carbocycles. The summed E-state index contributed by atoms with van der Waals surface area (Å²) in [5, 5.41) is 9.62. The van der Waals surface area contributed by atoms with E-state index in [4.69, 9.17) is 4.74 Å². The van der Waals surface area contributed by atoms with E-state index in [1.165, 1.54) is 5.69 Å². The molecular formula is C29H35NO3. The number of ether oxygens (including phenoxy) is 1. The molecule has 0 bridgehead atoms. The van der Waals surface area contributed by atoms with Crippen molar-refractivity contribution in [2.45, 2.75) is 65.6 Å². The summed E-state index contributed by atoms with van der Waals surface area (Å²) >= 11 is 0. The lowest BCUT2D eigenvalue weighted by Crippen LogP contribution is -2.37. The van der Waals surface area contributed by atoms with E-state index in [0.717, 1.165) is 28.9 Å². The van der Waals surface area contributed by atoms with Crippen LogP contribution in [0, 0.1) is 0 Å². The molecule has 0 heterocycles. The van der Waals surface area contributed by atoms with Crippen molar-refractivity contribution in [3.05, 3.63) is 95.1 Å². The molecule has 0 aliphatic rings. The van der Waals surface area contributed by atoms with Gasteiger partial charge < -0.3 is 14.7 Å². The molecule has 1 N–H and O–H groups in total. The Balaban J connectivity index is 2.02. The maximum Gasteiger partial charge on any atom is 0.335 e. The fourth-order valence-corrected chi connectivity index (χ4v) is 4.55. The van der Waals surface area contributed by atoms with Crippen molar-refractivity contribution in [3.8, 4) is 5.75 Å². The molecule has 0 fully saturated rings. The summed E-state index contributed by atoms with van der Waals surface area (Å²) in [6.07, 6.45) is 0.831. The fourth-order valence-electron chi connectivity index (χ4n) is 4.55. The largest absolute Gasteiger partial charge is 0.489 e. The molecule has 4 heteroatoms. The van der Waals surface area contributed by atoms with Crippen LogP contribution in [-0.2, 0) is 6.61 Å². The number of carboxylic acids is 1. The predicted octanol–water partition coefficient (Wildman–Crippen LogP) is 7.13. The number of hydrogen-bond donors (Lipinski definition) is 1. The standard InChI is InChI=1S/C29H35NO3/c1-6-26(23-13-10-14-25(17-23)30(20(2)3)21(4)5)27-18-24(29(31)32)15-16-28(27)33-19-22-11-8-7-9-12-22/h7-18,20-21,26H,6,19H2,1-5H3,(H,31,32)/t26-/m1/s1. The summed E-state index contributed by atoms with van der Waals surface area (Å²) in [6, 6.07) is 24.6. The molecule has 174 valence electrons. The first-order valence-electron chi connectivity index (χ1n) is 11.7. The number of nitrogens with zero attached hydrogens (tertiary/aromatic N) is 1. The average Bonchev–Trinajstić information content (AvgIpc) is 2.79. The molecule has 3 aromatic rings. The number of rotatable bonds is 10. The molecule has 0 radical (unpaired) electrons. The fraction of sp³-hybridized carbons (Fsp3) is 0.345. The Bertz CT molecular complexity index is 1050. The first-order valence-corrected chi connectivity index (χ1v) is 11.7. The highest BCUT2D eigenvalue weighted by atomic mass is 16.5. The van der Waals surface area contributed by atoms with Crippen LogP contribution >= 0.6 is 0 Å². The number of carboxylic acid groups (broad SMARTS) is 1. The van der Waals surface area contributed by atoms with Gasteiger partial charge >= 0.3 is 5.97 Å². The van der Waals surface area contributed by atoms with E-state index in [1.807, 2.05) is 30.3 Å². The van der Waals surface area contributed by atoms with Crippen molar-refractivity contribution >= 4 is 11.7 Å². The molecule has 0 unspecified atom stereocenters. The van der Waals surface area contributed by atoms with E-state index in [1.54, 1.807) is 18.2 Å². The molecular weight excluding hydrogens is 410 g/mol. The van der Waals surface area contributed by atoms with Crippen LogP contribution in [-0.4, -0.2) is 23.2 Å². The van der Waals surface area contributed by atoms with Gasteiger partial charge in [0.15, 0.2) is 0 Å². The van der Waals surface area contributed by atoms with Gasteiger partial charge in [-0.3, -0.25) is 0 Å². The lowest BCUT2D eigenvalue weighted by Gasteiger charge is -2.34. The Morgan fingerprint density at radius 2 is 1.61 bits per heavy atom. The van der Waals surface area contributed by atoms with Crippen molar-refractivity contribution in [1.82, 2.24) is 0 Å². The summed E-state index contributed by atoms with van der Waals surface area (Å²) in [6.45, 7) is 11.4. The van der Waals surface area contributed by atoms with Crippen LogP contribution < -0.4 is 9.64 Å². The Kier molecular flexibility index (Phi) is 8.16. The minimum atomic E-state index is -0.930. The van der Waals surface area contributed by atoms with E-state index >= 15 is 0 Å². The maximum absolute atomic E-state index is 11.7. The number of anilines is 1. The van der Waals surface area contributed by atoms with E-state index in [2.05, 4.69) is 63.8 Å². The van der Waals surface area contributed by atoms with Crippen LogP contribution in [0.3, 0.4) is 0 Å². The van der Waals surface area contributed by atoms with Gasteiger partial charge in [0.2, 0.25) is 0 Å². The van der Waals surface area contributed by atoms with Crippen LogP contribution in [0.1, 0.15) is 74.0 Å². The van der Waals surface area contributed by atoms with Crippen molar-refractivity contribution < 1.29 is 14.6 Å². The molecule has 0 aliphatic heterocycles. The van der Waals surface area contributed by atoms with Gasteiger partial charge in [0.25, 0.3) is 0 Å². The topological polar surface area (TPSA) is 49.8 Å². The second kappa shape index (κ2) is 11.0. The van der Waals surface area contributed by atoms with Crippen LogP contribution in [0.4, 0.5) is 5.69 Å². The molecule has 0 saturated heterocycles. The van der Waals surface area contributed by atoms with Crippen LogP contribution in [0.5, 0.6) is 5.75 Å². The summed E-state index contributed by atoms with van der Waals surface area (Å²) in [5.41, 5.74) is 4.60. The maximum atomic E-state index is 11.7. The molecule has 0 saturated carbocycles. The summed E-state index contributed by atoms with van der Waals surface area (Å²) in [4.78, 5) is 14.1. The van der Waals surface area contributed by atoms with Gasteiger partial charge in [0.05, 0.1) is 5.56 Å². The zero-order valence-corrected chi connectivity index (χ0v) is 20.3. The molecule has 4 nitrogen and oxygen atoms in total. The first kappa shape index (κ1) is 24.4. The summed E-state index contributed by atoms with van der Waals surface area (Å²) in [5.74, 6) is -0.179. The molecule has 0 spiro atoms. The van der Waals surface area contributed by atoms with Crippen molar-refractivity contribution in [2.75, 3.05) is 4.90 Å². The smallest absolute Gasteiger partial charge is 0.335 e. The SMILES string of the molecule is CC[C@H](c1cccc(N(C(C)C)C(C)C)c1)c1cc(C(=O)O)ccc1OCc1ccccc1. The van der Waals surface area contributed by atoms with E-state index in [0.29, 0.717) is 18.7 Å². The molecule has 0 amide bonds. The summed E-state index contributed by atoms with van der Waals surface area (Å²) in [7, 11) is 0. The van der Waals surface area contributed by atoms with Crippen LogP contribution in [0.2, 0.25) is 0 Å². The molecule has 0 aromatic heterocycles. The van der Waals surface area contributed by atoms with Gasteiger partial charge in [-0.2, -0.15) is 0 Å². The lowest BCUT2D eigenvalue weighted by molar-refractivity contribution is 0.0696. The highest BCUT2D eigenvalue weighted by molar-refractivity contribution is 5.88. The predicted molar refractivity (Wildman–Crippen MR) is 136 cm³/mol. The van der Waals surface area contributed by atoms with Gasteiger partial charge in [-0.25, -0.2) is 4.79 Å². The van der Waals surface area contributed by atoms with Crippen LogP contribution in [0.25, 0.3) is 0 Å². The van der Waals surface area contributed by atoms with Crippen molar-refractivity contribution in [3.63, 3.8) is 0 Å². The normalized spacial score (nSPS) is 12.1. The Hall–Kier alpha value is -3.27. The quantitative estimate of drug-likeness (QED) is 0.361. The molecule has 33 heavy (non-hydrogen) atoms. The summed E-state index contributed by atoms with van der Waals surface area (Å²) < 4.78 is 6.21. The second-order valence-corrected chi connectivity index (χ2v) is 8.98. The van der Waals surface area contributed by atoms with Gasteiger partial charge in [-0.15, -0.1) is 0 Å². The molecule has 3 aromatic carbocycles. The third-order valence-electron chi connectivity index (χ3n) is 5.96. The van der Waals surface area contributed by atoms with Gasteiger partial charge in [-0.1, -0.05) is 49.4 Å². The highest BCUT2D eigenvalue weighted by Gasteiger charge is 2.21. The van der Waals surface area contributed by atoms with Crippen molar-refractivity contribution in [1.29, 1.82) is 0 Å². The number of benzene rings is 3. The third-order valence-corrected chi connectivity index (χ3v) is 5.96. The lowest BCUT2D eigenvalue weighted by atomic mass is 9.87. The monoisotopic (exact) mass is 445 g/mol. The number of hydrogen-bond acceptors (Lipinski definition) is 3. The minimum Gasteiger partial charge on any atom is -0.489 e. The zero-order chi connectivity index (χ0) is 24.0. The van der Waals surface area contributed by atoms with E-state index < -0.39 is 5.97 Å². The van der Waals surface area contributed by atoms with Crippen molar-refractivity contribution in [2.24, 2.45) is 0 Å². The van der Waals surface area contributed by atoms with Gasteiger partial charge in [0, 0.05) is 29.3 Å². The van der Waals surface area contributed by atoms with Gasteiger partial charge in [0.1, 0.15) is 12.4 Å². The first-order chi connectivity index (χ1) is 15.8. The zero-order valence-electron chi connectivity index (χ0n) is 20.3. The third kappa shape index (κ3) is 5.95. The Labute approximate surface area is 197 Å². The van der Waals surface area contributed by atoms with E-state index in [-0.39, 0.29) is 11.5 Å². The molecule has 1 atom stereocenters. The second-order valence-electron chi connectivity index (χ2n) is 8.98. The van der Waals surface area contributed by atoms with Gasteiger partial charge in [-0.05, 0) is 75.6 Å². The van der Waals surface area contributed by atoms with Crippen LogP contribution in [0.15, 0.2) is 72.8 Å². The Morgan fingerprint density at radius 1 is 0.909 bits per heavy atom. The molecule has 3 rings (SSSR count). The highest BCUT2D eigenvalue weighted by Crippen LogP contribution is 2.37. The van der Waals surface area contributed by atoms with E-state index in [9.17, 15) is 9.90 Å². The number of carbonyl (C=O) groups is 1. The Morgan fingerprint density at radius 3 is 2.21 bits per heavy atom. The minimum absolute atomic E-state index is 0.0243. The average molecular weight is 446 g/mol.